The second-order valence-electron chi connectivity index (χ2n) is 4.81. The first kappa shape index (κ1) is 15.5. The van der Waals surface area contributed by atoms with Crippen molar-refractivity contribution in [2.45, 2.75) is 31.5 Å². The Bertz CT molecular complexity index is 596. The van der Waals surface area contributed by atoms with E-state index in [2.05, 4.69) is 59.0 Å². The fraction of sp³-hybridized carbons (Fsp3) is 0.429. The van der Waals surface area contributed by atoms with E-state index in [-0.39, 0.29) is 11.9 Å². The molecular formula is C14H19N5OS. The highest BCUT2D eigenvalue weighted by atomic mass is 32.2. The Kier molecular flexibility index (Phi) is 5.32. The van der Waals surface area contributed by atoms with Gasteiger partial charge < -0.3 is 5.32 Å². The van der Waals surface area contributed by atoms with Gasteiger partial charge in [0.25, 0.3) is 0 Å². The summed E-state index contributed by atoms with van der Waals surface area (Å²) < 4.78 is 1.55. The van der Waals surface area contributed by atoms with E-state index in [1.54, 1.807) is 11.7 Å². The van der Waals surface area contributed by atoms with Crippen molar-refractivity contribution >= 4 is 17.7 Å². The Balaban J connectivity index is 1.90. The fourth-order valence-electron chi connectivity index (χ4n) is 1.93. The van der Waals surface area contributed by atoms with Crippen LogP contribution in [-0.2, 0) is 11.8 Å². The minimum absolute atomic E-state index is 0.0181. The molecule has 0 saturated heterocycles. The second kappa shape index (κ2) is 7.21. The number of hydrogen-bond donors (Lipinski definition) is 1. The molecule has 1 heterocycles. The van der Waals surface area contributed by atoms with Crippen LogP contribution in [0.3, 0.4) is 0 Å². The van der Waals surface area contributed by atoms with Gasteiger partial charge in [-0.3, -0.25) is 4.79 Å². The monoisotopic (exact) mass is 305 g/mol. The van der Waals surface area contributed by atoms with Crippen molar-refractivity contribution in [2.24, 2.45) is 7.05 Å². The van der Waals surface area contributed by atoms with E-state index in [1.807, 2.05) is 0 Å². The summed E-state index contributed by atoms with van der Waals surface area (Å²) in [4.78, 5) is 12.0. The molecule has 1 atom stereocenters. The molecule has 0 fully saturated rings. The molecule has 0 unspecified atom stereocenters. The number of hydrogen-bond acceptors (Lipinski definition) is 5. The van der Waals surface area contributed by atoms with E-state index in [4.69, 9.17) is 0 Å². The van der Waals surface area contributed by atoms with Crippen molar-refractivity contribution in [2.75, 3.05) is 5.75 Å². The van der Waals surface area contributed by atoms with Crippen LogP contribution >= 0.6 is 11.8 Å². The molecule has 0 spiro atoms. The lowest BCUT2D eigenvalue weighted by Crippen LogP contribution is -2.29. The van der Waals surface area contributed by atoms with Crippen molar-refractivity contribution in [1.82, 2.24) is 25.5 Å². The van der Waals surface area contributed by atoms with Gasteiger partial charge in [-0.05, 0) is 29.3 Å². The molecule has 1 aromatic carbocycles. The van der Waals surface area contributed by atoms with Gasteiger partial charge in [0.2, 0.25) is 11.1 Å². The molecule has 21 heavy (non-hydrogen) atoms. The quantitative estimate of drug-likeness (QED) is 0.825. The molecule has 1 aromatic heterocycles. The zero-order chi connectivity index (χ0) is 15.2. The van der Waals surface area contributed by atoms with Gasteiger partial charge in [0.1, 0.15) is 0 Å². The summed E-state index contributed by atoms with van der Waals surface area (Å²) in [5, 5.41) is 14.8. The number of aromatic nitrogens is 4. The van der Waals surface area contributed by atoms with Crippen LogP contribution < -0.4 is 5.32 Å². The van der Waals surface area contributed by atoms with E-state index in [9.17, 15) is 4.79 Å². The van der Waals surface area contributed by atoms with Gasteiger partial charge in [-0.2, -0.15) is 0 Å². The maximum absolute atomic E-state index is 12.0. The standard InChI is InChI=1S/C14H19N5OS/c1-4-12(11-7-5-10(2)6-8-11)15-13(20)9-21-14-16-17-18-19(14)3/h5-8,12H,4,9H2,1-3H3,(H,15,20)/t12-/m0/s1. The number of tetrazole rings is 1. The molecule has 112 valence electrons. The minimum atomic E-state index is -0.0181. The lowest BCUT2D eigenvalue weighted by molar-refractivity contribution is -0.119. The largest absolute Gasteiger partial charge is 0.349 e. The van der Waals surface area contributed by atoms with Crippen LogP contribution in [0.1, 0.15) is 30.5 Å². The van der Waals surface area contributed by atoms with Crippen LogP contribution in [0.4, 0.5) is 0 Å². The van der Waals surface area contributed by atoms with Crippen molar-refractivity contribution in [3.05, 3.63) is 35.4 Å². The van der Waals surface area contributed by atoms with Gasteiger partial charge >= 0.3 is 0 Å². The molecule has 2 aromatic rings. The van der Waals surface area contributed by atoms with Crippen molar-refractivity contribution in [1.29, 1.82) is 0 Å². The molecule has 6 nitrogen and oxygen atoms in total. The summed E-state index contributed by atoms with van der Waals surface area (Å²) in [6, 6.07) is 8.28. The third-order valence-electron chi connectivity index (χ3n) is 3.14. The summed E-state index contributed by atoms with van der Waals surface area (Å²) in [7, 11) is 1.75. The summed E-state index contributed by atoms with van der Waals surface area (Å²) in [5.41, 5.74) is 2.34. The third kappa shape index (κ3) is 4.29. The molecule has 0 aliphatic rings. The average molecular weight is 305 g/mol. The van der Waals surface area contributed by atoms with Crippen LogP contribution in [0.2, 0.25) is 0 Å². The number of rotatable bonds is 6. The molecule has 7 heteroatoms. The lowest BCUT2D eigenvalue weighted by Gasteiger charge is -2.17. The molecule has 0 radical (unpaired) electrons. The molecular weight excluding hydrogens is 286 g/mol. The van der Waals surface area contributed by atoms with Gasteiger partial charge in [0, 0.05) is 7.05 Å². The minimum Gasteiger partial charge on any atom is -0.349 e. The van der Waals surface area contributed by atoms with E-state index in [0.29, 0.717) is 10.9 Å². The number of carbonyl (C=O) groups is 1. The van der Waals surface area contributed by atoms with E-state index in [0.717, 1.165) is 12.0 Å². The van der Waals surface area contributed by atoms with Crippen molar-refractivity contribution in [3.63, 3.8) is 0 Å². The first-order valence-corrected chi connectivity index (χ1v) is 7.79. The van der Waals surface area contributed by atoms with Gasteiger partial charge in [-0.25, -0.2) is 4.68 Å². The zero-order valence-electron chi connectivity index (χ0n) is 12.4. The molecule has 0 aliphatic carbocycles. The topological polar surface area (TPSA) is 72.7 Å². The summed E-state index contributed by atoms with van der Waals surface area (Å²) in [6.45, 7) is 4.11. The highest BCUT2D eigenvalue weighted by molar-refractivity contribution is 7.99. The number of nitrogens with zero attached hydrogens (tertiary/aromatic N) is 4. The van der Waals surface area contributed by atoms with Crippen LogP contribution in [-0.4, -0.2) is 31.9 Å². The van der Waals surface area contributed by atoms with Gasteiger partial charge in [-0.1, -0.05) is 48.5 Å². The summed E-state index contributed by atoms with van der Waals surface area (Å²) >= 11 is 1.33. The van der Waals surface area contributed by atoms with Gasteiger partial charge in [0.05, 0.1) is 11.8 Å². The number of nitrogens with one attached hydrogen (secondary N) is 1. The van der Waals surface area contributed by atoms with E-state index >= 15 is 0 Å². The highest BCUT2D eigenvalue weighted by Gasteiger charge is 2.14. The summed E-state index contributed by atoms with van der Waals surface area (Å²) in [5.74, 6) is 0.284. The Hall–Kier alpha value is -1.89. The molecule has 2 rings (SSSR count). The highest BCUT2D eigenvalue weighted by Crippen LogP contribution is 2.18. The van der Waals surface area contributed by atoms with Crippen LogP contribution in [0.5, 0.6) is 0 Å². The Morgan fingerprint density at radius 2 is 2.10 bits per heavy atom. The molecule has 0 bridgehead atoms. The lowest BCUT2D eigenvalue weighted by atomic mass is 10.0. The first-order valence-electron chi connectivity index (χ1n) is 6.81. The average Bonchev–Trinajstić information content (AvgIpc) is 2.89. The molecule has 0 saturated carbocycles. The van der Waals surface area contributed by atoms with E-state index in [1.165, 1.54) is 17.3 Å². The van der Waals surface area contributed by atoms with Crippen LogP contribution in [0.15, 0.2) is 29.4 Å². The number of benzene rings is 1. The predicted octanol–water partition coefficient (Wildman–Crippen LogP) is 1.88. The normalized spacial score (nSPS) is 12.1. The molecule has 0 aliphatic heterocycles. The molecule has 1 N–H and O–H groups in total. The number of thioether (sulfide) groups is 1. The number of amides is 1. The van der Waals surface area contributed by atoms with Gasteiger partial charge in [0.15, 0.2) is 0 Å². The smallest absolute Gasteiger partial charge is 0.230 e. The maximum atomic E-state index is 12.0. The summed E-state index contributed by atoms with van der Waals surface area (Å²) in [6.07, 6.45) is 0.852. The van der Waals surface area contributed by atoms with Crippen LogP contribution in [0, 0.1) is 6.92 Å². The molecule has 1 amide bonds. The van der Waals surface area contributed by atoms with Gasteiger partial charge in [-0.15, -0.1) is 5.10 Å². The Morgan fingerprint density at radius 1 is 1.38 bits per heavy atom. The first-order chi connectivity index (χ1) is 10.1. The maximum Gasteiger partial charge on any atom is 0.230 e. The predicted molar refractivity (Wildman–Crippen MR) is 81.9 cm³/mol. The van der Waals surface area contributed by atoms with E-state index < -0.39 is 0 Å². The SMILES string of the molecule is CC[C@H](NC(=O)CSc1nnnn1C)c1ccc(C)cc1. The fourth-order valence-corrected chi connectivity index (χ4v) is 2.59. The number of aryl methyl sites for hydroxylation is 2. The Labute approximate surface area is 128 Å². The second-order valence-corrected chi connectivity index (χ2v) is 5.76. The number of carbonyl (C=O) groups excluding carboxylic acids is 1. The zero-order valence-corrected chi connectivity index (χ0v) is 13.2. The Morgan fingerprint density at radius 3 is 2.67 bits per heavy atom. The third-order valence-corrected chi connectivity index (χ3v) is 4.15. The van der Waals surface area contributed by atoms with Crippen molar-refractivity contribution < 1.29 is 4.79 Å². The van der Waals surface area contributed by atoms with Crippen molar-refractivity contribution in [3.8, 4) is 0 Å². The van der Waals surface area contributed by atoms with Crippen LogP contribution in [0.25, 0.3) is 0 Å².